The number of ether oxygens (including phenoxy) is 3. The van der Waals surface area contributed by atoms with Gasteiger partial charge in [-0.25, -0.2) is 0 Å². The number of carbonyl (C=O) groups is 3. The van der Waals surface area contributed by atoms with Crippen molar-refractivity contribution < 1.29 is 33.1 Å². The van der Waals surface area contributed by atoms with Crippen molar-refractivity contribution in [3.63, 3.8) is 0 Å². The summed E-state index contributed by atoms with van der Waals surface area (Å²) >= 11 is 0. The maximum Gasteiger partial charge on any atom is 0.306 e. The lowest BCUT2D eigenvalue weighted by molar-refractivity contribution is -0.925. The Morgan fingerprint density at radius 1 is 0.328 bits per heavy atom. The first-order valence-corrected chi connectivity index (χ1v) is 27.7. The maximum atomic E-state index is 13.1. The molecule has 7 nitrogen and oxygen atoms in total. The van der Waals surface area contributed by atoms with Gasteiger partial charge in [-0.1, -0.05) is 212 Å². The van der Waals surface area contributed by atoms with Crippen molar-refractivity contribution in [1.29, 1.82) is 0 Å². The van der Waals surface area contributed by atoms with Gasteiger partial charge >= 0.3 is 17.9 Å². The molecule has 0 saturated heterocycles. The summed E-state index contributed by atoms with van der Waals surface area (Å²) < 4.78 is 18.1. The molecule has 0 heterocycles. The second-order valence-electron chi connectivity index (χ2n) is 20.2. The first-order valence-electron chi connectivity index (χ1n) is 27.7. The van der Waals surface area contributed by atoms with E-state index in [1.165, 1.54) is 167 Å². The van der Waals surface area contributed by atoms with Gasteiger partial charge < -0.3 is 18.7 Å². The highest BCUT2D eigenvalue weighted by Gasteiger charge is 2.47. The smallest absolute Gasteiger partial charge is 0.306 e. The highest BCUT2D eigenvalue weighted by atomic mass is 16.6. The third-order valence-corrected chi connectivity index (χ3v) is 13.2. The van der Waals surface area contributed by atoms with Crippen molar-refractivity contribution >= 4 is 17.9 Å². The number of esters is 3. The fourth-order valence-electron chi connectivity index (χ4n) is 8.18. The van der Waals surface area contributed by atoms with E-state index in [0.29, 0.717) is 23.7 Å². The second-order valence-corrected chi connectivity index (χ2v) is 20.2. The predicted molar refractivity (Wildman–Crippen MR) is 274 cm³/mol. The third-order valence-electron chi connectivity index (χ3n) is 13.2. The van der Waals surface area contributed by atoms with Gasteiger partial charge in [0.05, 0.1) is 21.1 Å². The van der Waals surface area contributed by atoms with E-state index >= 15 is 0 Å². The standard InChI is InChI=1S/C57H108NO6/c1-7-10-13-16-19-22-25-27-29-31-34-37-40-43-46-49-55(60)63-52-57(58(4,5)6,51-62-54(59)48-45-42-39-36-33-24-21-18-15-12-9-3)53-64-56(61)50-47-44-41-38-35-32-30-28-26-23-20-17-14-11-8-2/h27-30H,7-26,31-53H2,1-6H3/q+1/b29-27-,30-28-. The van der Waals surface area contributed by atoms with E-state index in [4.69, 9.17) is 14.2 Å². The summed E-state index contributed by atoms with van der Waals surface area (Å²) in [5.74, 6) is -0.738. The molecule has 0 spiro atoms. The van der Waals surface area contributed by atoms with Gasteiger partial charge in [0.2, 0.25) is 5.54 Å². The van der Waals surface area contributed by atoms with Gasteiger partial charge in [0.25, 0.3) is 0 Å². The lowest BCUT2D eigenvalue weighted by atomic mass is 9.98. The maximum absolute atomic E-state index is 13.1. The number of unbranched alkanes of at least 4 members (excludes halogenated alkanes) is 32. The van der Waals surface area contributed by atoms with Gasteiger partial charge in [-0.2, -0.15) is 0 Å². The molecule has 0 aliphatic heterocycles. The van der Waals surface area contributed by atoms with Gasteiger partial charge in [0, 0.05) is 19.3 Å². The van der Waals surface area contributed by atoms with Crippen LogP contribution < -0.4 is 0 Å². The fraction of sp³-hybridized carbons (Fsp3) is 0.877. The number of quaternary nitrogens is 1. The fourth-order valence-corrected chi connectivity index (χ4v) is 8.18. The van der Waals surface area contributed by atoms with Crippen LogP contribution >= 0.6 is 0 Å². The van der Waals surface area contributed by atoms with E-state index < -0.39 is 5.54 Å². The monoisotopic (exact) mass is 903 g/mol. The summed E-state index contributed by atoms with van der Waals surface area (Å²) in [6.07, 6.45) is 55.3. The summed E-state index contributed by atoms with van der Waals surface area (Å²) in [5.41, 5.74) is -0.913. The van der Waals surface area contributed by atoms with E-state index in [2.05, 4.69) is 45.1 Å². The molecule has 0 rings (SSSR count). The van der Waals surface area contributed by atoms with Gasteiger partial charge in [0.1, 0.15) is 0 Å². The van der Waals surface area contributed by atoms with Crippen LogP contribution in [0.25, 0.3) is 0 Å². The molecular weight excluding hydrogens is 795 g/mol. The Labute approximate surface area is 398 Å². The summed E-state index contributed by atoms with van der Waals surface area (Å²) in [7, 11) is 5.98. The number of nitrogens with zero attached hydrogens (tertiary/aromatic N) is 1. The molecule has 0 N–H and O–H groups in total. The Morgan fingerprint density at radius 3 is 0.750 bits per heavy atom. The van der Waals surface area contributed by atoms with Crippen molar-refractivity contribution in [3.05, 3.63) is 24.3 Å². The number of allylic oxidation sites excluding steroid dienone is 4. The molecule has 0 bridgehead atoms. The minimum atomic E-state index is -0.913. The average Bonchev–Trinajstić information content (AvgIpc) is 3.27. The molecule has 0 fully saturated rings. The summed E-state index contributed by atoms with van der Waals surface area (Å²) in [6.45, 7) is 6.85. The van der Waals surface area contributed by atoms with Crippen molar-refractivity contribution in [3.8, 4) is 0 Å². The van der Waals surface area contributed by atoms with Crippen LogP contribution in [-0.4, -0.2) is 68.9 Å². The molecule has 0 aromatic rings. The molecule has 376 valence electrons. The Kier molecular flexibility index (Phi) is 44.4. The summed E-state index contributed by atoms with van der Waals surface area (Å²) in [4.78, 5) is 39.2. The molecule has 0 aliphatic carbocycles. The molecule has 0 aliphatic rings. The SMILES string of the molecule is CCCCCCCC/C=C\CCCCCCCC(=O)OCC(COC(=O)CCCCCCC/C=C\CCCCCCCC)(COC(=O)CCCCCCCCCCCCC)[N+](C)(C)C. The van der Waals surface area contributed by atoms with Crippen molar-refractivity contribution in [2.24, 2.45) is 0 Å². The average molecular weight is 903 g/mol. The van der Waals surface area contributed by atoms with Gasteiger partial charge in [-0.05, 0) is 70.6 Å². The van der Waals surface area contributed by atoms with E-state index in [9.17, 15) is 14.4 Å². The lowest BCUT2D eigenvalue weighted by Crippen LogP contribution is -2.65. The molecule has 0 saturated carbocycles. The summed E-state index contributed by atoms with van der Waals surface area (Å²) in [6, 6.07) is 0. The first kappa shape index (κ1) is 61.9. The number of hydrogen-bond acceptors (Lipinski definition) is 6. The molecule has 64 heavy (non-hydrogen) atoms. The van der Waals surface area contributed by atoms with Crippen molar-refractivity contribution in [1.82, 2.24) is 0 Å². The largest absolute Gasteiger partial charge is 0.459 e. The van der Waals surface area contributed by atoms with Crippen LogP contribution in [-0.2, 0) is 28.6 Å². The van der Waals surface area contributed by atoms with E-state index in [0.717, 1.165) is 70.6 Å². The number of rotatable bonds is 49. The molecule has 0 amide bonds. The predicted octanol–water partition coefficient (Wildman–Crippen LogP) is 16.8. The van der Waals surface area contributed by atoms with Gasteiger partial charge in [0.15, 0.2) is 19.8 Å². The Morgan fingerprint density at radius 2 is 0.531 bits per heavy atom. The van der Waals surface area contributed by atoms with E-state index in [1.807, 2.05) is 21.1 Å². The summed E-state index contributed by atoms with van der Waals surface area (Å²) in [5, 5.41) is 0. The van der Waals surface area contributed by atoms with Crippen LogP contribution in [0.1, 0.15) is 278 Å². The third kappa shape index (κ3) is 40.2. The second kappa shape index (κ2) is 46.0. The zero-order valence-corrected chi connectivity index (χ0v) is 43.6. The molecule has 0 radical (unpaired) electrons. The number of carbonyl (C=O) groups excluding carboxylic acids is 3. The first-order chi connectivity index (χ1) is 31.1. The van der Waals surface area contributed by atoms with Gasteiger partial charge in [-0.15, -0.1) is 0 Å². The Balaban J connectivity index is 4.84. The zero-order valence-electron chi connectivity index (χ0n) is 43.6. The topological polar surface area (TPSA) is 78.9 Å². The minimum absolute atomic E-state index is 0.0207. The highest BCUT2D eigenvalue weighted by molar-refractivity contribution is 5.70. The molecule has 0 aromatic heterocycles. The number of hydrogen-bond donors (Lipinski definition) is 0. The number of likely N-dealkylation sites (N-methyl/N-ethyl adjacent to an activating group) is 1. The lowest BCUT2D eigenvalue weighted by Gasteiger charge is -2.44. The van der Waals surface area contributed by atoms with Crippen LogP contribution in [0.3, 0.4) is 0 Å². The van der Waals surface area contributed by atoms with Crippen LogP contribution in [0.5, 0.6) is 0 Å². The Hall–Kier alpha value is -2.15. The molecule has 7 heteroatoms. The normalized spacial score (nSPS) is 12.2. The van der Waals surface area contributed by atoms with Crippen molar-refractivity contribution in [2.75, 3.05) is 41.0 Å². The highest BCUT2D eigenvalue weighted by Crippen LogP contribution is 2.24. The Bertz CT molecular complexity index is 1050. The van der Waals surface area contributed by atoms with Gasteiger partial charge in [-0.3, -0.25) is 14.4 Å². The quantitative estimate of drug-likeness (QED) is 0.0199. The molecule has 0 atom stereocenters. The van der Waals surface area contributed by atoms with Crippen LogP contribution in [0.15, 0.2) is 24.3 Å². The molecular formula is C57H108NO6+. The van der Waals surface area contributed by atoms with Crippen LogP contribution in [0.4, 0.5) is 0 Å². The van der Waals surface area contributed by atoms with Crippen LogP contribution in [0, 0.1) is 0 Å². The molecule has 0 unspecified atom stereocenters. The van der Waals surface area contributed by atoms with E-state index in [-0.39, 0.29) is 37.7 Å². The minimum Gasteiger partial charge on any atom is -0.459 e. The molecule has 0 aromatic carbocycles. The van der Waals surface area contributed by atoms with E-state index in [1.54, 1.807) is 0 Å². The van der Waals surface area contributed by atoms with Crippen LogP contribution in [0.2, 0.25) is 0 Å². The zero-order chi connectivity index (χ0) is 47.1. The van der Waals surface area contributed by atoms with Crippen molar-refractivity contribution in [2.45, 2.75) is 283 Å².